The van der Waals surface area contributed by atoms with Crippen molar-refractivity contribution in [3.05, 3.63) is 50.8 Å². The highest BCUT2D eigenvalue weighted by Crippen LogP contribution is 2.30. The molecule has 1 atom stereocenters. The molecule has 1 aromatic carbocycles. The van der Waals surface area contributed by atoms with Gasteiger partial charge in [0.15, 0.2) is 0 Å². The van der Waals surface area contributed by atoms with Crippen LogP contribution in [0.4, 0.5) is 0 Å². The summed E-state index contributed by atoms with van der Waals surface area (Å²) in [4.78, 5) is 11.5. The number of rotatable bonds is 4. The Morgan fingerprint density at radius 3 is 2.55 bits per heavy atom. The minimum absolute atomic E-state index is 0.300. The van der Waals surface area contributed by atoms with Gasteiger partial charge in [-0.15, -0.1) is 0 Å². The van der Waals surface area contributed by atoms with Crippen molar-refractivity contribution in [2.75, 3.05) is 0 Å². The fourth-order valence-corrected chi connectivity index (χ4v) is 2.38. The molecule has 0 saturated heterocycles. The van der Waals surface area contributed by atoms with Crippen molar-refractivity contribution in [1.29, 1.82) is 0 Å². The van der Waals surface area contributed by atoms with Gasteiger partial charge in [-0.25, -0.2) is 0 Å². The molecule has 106 valence electrons. The van der Waals surface area contributed by atoms with Crippen LogP contribution in [0.25, 0.3) is 0 Å². The fraction of sp³-hybridized carbons (Fsp3) is 0.286. The number of aliphatic carboxylic acids is 1. The summed E-state index contributed by atoms with van der Waals surface area (Å²) in [6.07, 6.45) is 0.300. The third-order valence-electron chi connectivity index (χ3n) is 3.23. The minimum Gasteiger partial charge on any atom is -0.481 e. The molecule has 0 aliphatic carbocycles. The summed E-state index contributed by atoms with van der Waals surface area (Å²) in [5, 5.41) is 14.0. The average Bonchev–Trinajstić information content (AvgIpc) is 2.70. The first-order chi connectivity index (χ1) is 9.40. The lowest BCUT2D eigenvalue weighted by molar-refractivity contribution is -0.138. The summed E-state index contributed by atoms with van der Waals surface area (Å²) in [5.74, 6) is -1.02. The van der Waals surface area contributed by atoms with Crippen molar-refractivity contribution in [3.63, 3.8) is 0 Å². The number of hydrogen-bond acceptors (Lipinski definition) is 3. The van der Waals surface area contributed by atoms with Crippen LogP contribution in [0.3, 0.4) is 0 Å². The molecule has 1 N–H and O–H groups in total. The molecular formula is C14H13Cl2NO3. The first-order valence-corrected chi connectivity index (χ1v) is 6.75. The van der Waals surface area contributed by atoms with Gasteiger partial charge in [-0.2, -0.15) is 0 Å². The van der Waals surface area contributed by atoms with Crippen LogP contribution in [0.1, 0.15) is 28.5 Å². The Hall–Kier alpha value is -1.52. The smallest absolute Gasteiger partial charge is 0.311 e. The van der Waals surface area contributed by atoms with E-state index in [1.54, 1.807) is 32.0 Å². The zero-order valence-corrected chi connectivity index (χ0v) is 12.5. The lowest BCUT2D eigenvalue weighted by atomic mass is 9.91. The molecule has 0 fully saturated rings. The lowest BCUT2D eigenvalue weighted by Crippen LogP contribution is -2.15. The number of halogens is 2. The summed E-state index contributed by atoms with van der Waals surface area (Å²) in [6, 6.07) is 4.86. The van der Waals surface area contributed by atoms with E-state index in [1.165, 1.54) is 0 Å². The van der Waals surface area contributed by atoms with Crippen LogP contribution in [-0.4, -0.2) is 16.2 Å². The molecule has 0 radical (unpaired) electrons. The number of carboxylic acids is 1. The molecule has 2 rings (SSSR count). The van der Waals surface area contributed by atoms with Crippen molar-refractivity contribution in [2.24, 2.45) is 0 Å². The van der Waals surface area contributed by atoms with E-state index in [9.17, 15) is 9.90 Å². The largest absolute Gasteiger partial charge is 0.481 e. The van der Waals surface area contributed by atoms with Gasteiger partial charge in [0.25, 0.3) is 0 Å². The normalized spacial score (nSPS) is 12.4. The second-order valence-corrected chi connectivity index (χ2v) is 5.39. The fourth-order valence-electron chi connectivity index (χ4n) is 2.07. The molecule has 0 spiro atoms. The van der Waals surface area contributed by atoms with Crippen molar-refractivity contribution in [2.45, 2.75) is 26.2 Å². The molecular weight excluding hydrogens is 301 g/mol. The van der Waals surface area contributed by atoms with Crippen LogP contribution < -0.4 is 0 Å². The minimum atomic E-state index is -0.927. The quantitative estimate of drug-likeness (QED) is 0.926. The Kier molecular flexibility index (Phi) is 4.35. The van der Waals surface area contributed by atoms with Crippen LogP contribution in [0.15, 0.2) is 22.7 Å². The van der Waals surface area contributed by atoms with E-state index in [1.807, 2.05) is 0 Å². The molecule has 0 bridgehead atoms. The maximum absolute atomic E-state index is 11.5. The molecule has 0 amide bonds. The number of aromatic nitrogens is 1. The monoisotopic (exact) mass is 313 g/mol. The summed E-state index contributed by atoms with van der Waals surface area (Å²) in [7, 11) is 0. The highest BCUT2D eigenvalue weighted by atomic mass is 35.5. The third-order valence-corrected chi connectivity index (χ3v) is 3.97. The Morgan fingerprint density at radius 1 is 1.35 bits per heavy atom. The zero-order chi connectivity index (χ0) is 14.9. The maximum Gasteiger partial charge on any atom is 0.311 e. The summed E-state index contributed by atoms with van der Waals surface area (Å²) in [5.41, 5.74) is 2.11. The van der Waals surface area contributed by atoms with Gasteiger partial charge in [0.05, 0.1) is 21.7 Å². The zero-order valence-electron chi connectivity index (χ0n) is 11.0. The average molecular weight is 314 g/mol. The molecule has 0 aliphatic rings. The summed E-state index contributed by atoms with van der Waals surface area (Å²) >= 11 is 11.8. The van der Waals surface area contributed by atoms with Gasteiger partial charge in [-0.3, -0.25) is 4.79 Å². The standard InChI is InChI=1S/C14H13Cl2NO3/c1-7-10(8(2)20-17-7)6-11(14(18)19)9-3-4-12(15)13(16)5-9/h3-5,11H,6H2,1-2H3,(H,18,19). The number of carboxylic acid groups (broad SMARTS) is 1. The Morgan fingerprint density at radius 2 is 2.05 bits per heavy atom. The van der Waals surface area contributed by atoms with E-state index < -0.39 is 11.9 Å². The molecule has 20 heavy (non-hydrogen) atoms. The van der Waals surface area contributed by atoms with E-state index in [2.05, 4.69) is 5.16 Å². The van der Waals surface area contributed by atoms with Gasteiger partial charge >= 0.3 is 5.97 Å². The van der Waals surface area contributed by atoms with Crippen LogP contribution in [0.5, 0.6) is 0 Å². The Balaban J connectivity index is 2.37. The Bertz CT molecular complexity index is 632. The second-order valence-electron chi connectivity index (χ2n) is 4.57. The maximum atomic E-state index is 11.5. The number of hydrogen-bond donors (Lipinski definition) is 1. The first-order valence-electron chi connectivity index (χ1n) is 5.99. The Labute approximate surface area is 126 Å². The first kappa shape index (κ1) is 14.9. The number of carbonyl (C=O) groups is 1. The molecule has 1 unspecified atom stereocenters. The molecule has 1 heterocycles. The second kappa shape index (κ2) is 5.85. The SMILES string of the molecule is Cc1noc(C)c1CC(C(=O)O)c1ccc(Cl)c(Cl)c1. The molecule has 4 nitrogen and oxygen atoms in total. The van der Waals surface area contributed by atoms with E-state index in [0.717, 1.165) is 5.56 Å². The molecule has 1 aromatic heterocycles. The van der Waals surface area contributed by atoms with Crippen molar-refractivity contribution >= 4 is 29.2 Å². The van der Waals surface area contributed by atoms with Gasteiger partial charge in [0.2, 0.25) is 0 Å². The molecule has 6 heteroatoms. The highest BCUT2D eigenvalue weighted by Gasteiger charge is 2.24. The summed E-state index contributed by atoms with van der Waals surface area (Å²) in [6.45, 7) is 3.56. The van der Waals surface area contributed by atoms with Crippen molar-refractivity contribution in [3.8, 4) is 0 Å². The third kappa shape index (κ3) is 2.97. The van der Waals surface area contributed by atoms with Gasteiger partial charge in [-0.05, 0) is 38.0 Å². The van der Waals surface area contributed by atoms with Gasteiger partial charge in [0, 0.05) is 5.56 Å². The van der Waals surface area contributed by atoms with Crippen LogP contribution in [-0.2, 0) is 11.2 Å². The predicted molar refractivity (Wildman–Crippen MR) is 76.5 cm³/mol. The predicted octanol–water partition coefficient (Wildman–Crippen LogP) is 4.01. The van der Waals surface area contributed by atoms with Crippen LogP contribution >= 0.6 is 23.2 Å². The number of nitrogens with zero attached hydrogens (tertiary/aromatic N) is 1. The van der Waals surface area contributed by atoms with Gasteiger partial charge in [-0.1, -0.05) is 34.4 Å². The molecule has 2 aromatic rings. The van der Waals surface area contributed by atoms with Crippen molar-refractivity contribution in [1.82, 2.24) is 5.16 Å². The highest BCUT2D eigenvalue weighted by molar-refractivity contribution is 6.42. The van der Waals surface area contributed by atoms with Crippen molar-refractivity contribution < 1.29 is 14.4 Å². The van der Waals surface area contributed by atoms with Gasteiger partial charge in [0.1, 0.15) is 5.76 Å². The lowest BCUT2D eigenvalue weighted by Gasteiger charge is -2.13. The van der Waals surface area contributed by atoms with Crippen LogP contribution in [0.2, 0.25) is 10.0 Å². The van der Waals surface area contributed by atoms with E-state index in [4.69, 9.17) is 27.7 Å². The van der Waals surface area contributed by atoms with E-state index in [0.29, 0.717) is 33.5 Å². The van der Waals surface area contributed by atoms with E-state index in [-0.39, 0.29) is 0 Å². The molecule has 0 aliphatic heterocycles. The van der Waals surface area contributed by atoms with E-state index >= 15 is 0 Å². The topological polar surface area (TPSA) is 63.3 Å². The van der Waals surface area contributed by atoms with Crippen LogP contribution in [0, 0.1) is 13.8 Å². The summed E-state index contributed by atoms with van der Waals surface area (Å²) < 4.78 is 5.06. The number of benzene rings is 1. The number of aryl methyl sites for hydroxylation is 2. The molecule has 0 saturated carbocycles. The van der Waals surface area contributed by atoms with Gasteiger partial charge < -0.3 is 9.63 Å².